The van der Waals surface area contributed by atoms with Gasteiger partial charge in [-0.1, -0.05) is 0 Å². The zero-order valence-corrected chi connectivity index (χ0v) is 9.40. The summed E-state index contributed by atoms with van der Waals surface area (Å²) in [7, 11) is 6.49. The third kappa shape index (κ3) is 2.40. The average Bonchev–Trinajstić information content (AvgIpc) is 2.29. The van der Waals surface area contributed by atoms with Crippen LogP contribution in [0.15, 0.2) is 17.1 Å². The summed E-state index contributed by atoms with van der Waals surface area (Å²) in [5.41, 5.74) is 0.809. The molecule has 82 valence electrons. The van der Waals surface area contributed by atoms with Gasteiger partial charge in [0.05, 0.1) is 26.9 Å². The van der Waals surface area contributed by atoms with Gasteiger partial charge in [-0.3, -0.25) is 4.99 Å². The van der Waals surface area contributed by atoms with E-state index >= 15 is 0 Å². The maximum absolute atomic E-state index is 5.23. The smallest absolute Gasteiger partial charge is 0.135 e. The van der Waals surface area contributed by atoms with E-state index in [-0.39, 0.29) is 0 Å². The van der Waals surface area contributed by atoms with Gasteiger partial charge in [-0.2, -0.15) is 0 Å². The number of methoxy groups -OCH3 is 3. The molecule has 4 nitrogen and oxygen atoms in total. The molecule has 0 atom stereocenters. The van der Waals surface area contributed by atoms with Gasteiger partial charge in [-0.25, -0.2) is 0 Å². The Hall–Kier alpha value is -1.71. The van der Waals surface area contributed by atoms with Crippen molar-refractivity contribution in [2.75, 3.05) is 28.4 Å². The fraction of sp³-hybridized carbons (Fsp3) is 0.364. The molecule has 0 aliphatic heterocycles. The molecule has 0 aliphatic carbocycles. The molecule has 4 heteroatoms. The Morgan fingerprint density at radius 1 is 1.00 bits per heavy atom. The number of nitrogens with zero attached hydrogens (tertiary/aromatic N) is 1. The van der Waals surface area contributed by atoms with Gasteiger partial charge >= 0.3 is 0 Å². The van der Waals surface area contributed by atoms with E-state index in [1.807, 2.05) is 0 Å². The number of benzene rings is 1. The van der Waals surface area contributed by atoms with Crippen LogP contribution >= 0.6 is 0 Å². The summed E-state index contributed by atoms with van der Waals surface area (Å²) >= 11 is 0. The molecule has 0 bridgehead atoms. The topological polar surface area (TPSA) is 40.0 Å². The summed E-state index contributed by atoms with van der Waals surface area (Å²) in [5.74, 6) is 2.05. The maximum atomic E-state index is 5.23. The van der Waals surface area contributed by atoms with Gasteiger partial charge in [-0.15, -0.1) is 0 Å². The van der Waals surface area contributed by atoms with E-state index in [1.165, 1.54) is 0 Å². The third-order valence-electron chi connectivity index (χ3n) is 2.01. The van der Waals surface area contributed by atoms with E-state index in [1.54, 1.807) is 46.7 Å². The van der Waals surface area contributed by atoms with Gasteiger partial charge < -0.3 is 14.2 Å². The minimum Gasteiger partial charge on any atom is -0.496 e. The summed E-state index contributed by atoms with van der Waals surface area (Å²) in [4.78, 5) is 3.95. The summed E-state index contributed by atoms with van der Waals surface area (Å²) in [6.45, 7) is 0. The first-order valence-corrected chi connectivity index (χ1v) is 4.49. The van der Waals surface area contributed by atoms with Crippen LogP contribution in [0.2, 0.25) is 0 Å². The first-order valence-electron chi connectivity index (χ1n) is 4.49. The minimum atomic E-state index is 0.678. The van der Waals surface area contributed by atoms with Crippen LogP contribution in [0.3, 0.4) is 0 Å². The van der Waals surface area contributed by atoms with Gasteiger partial charge in [0.15, 0.2) is 0 Å². The molecule has 0 amide bonds. The monoisotopic (exact) mass is 209 g/mol. The fourth-order valence-electron chi connectivity index (χ4n) is 1.29. The zero-order chi connectivity index (χ0) is 11.3. The number of ether oxygens (including phenoxy) is 3. The van der Waals surface area contributed by atoms with Gasteiger partial charge in [0.2, 0.25) is 0 Å². The molecule has 1 aromatic carbocycles. The normalized spacial score (nSPS) is 10.4. The Morgan fingerprint density at radius 3 is 1.87 bits per heavy atom. The highest BCUT2D eigenvalue weighted by Crippen LogP contribution is 2.32. The predicted octanol–water partition coefficient (Wildman–Crippen LogP) is 1.76. The highest BCUT2D eigenvalue weighted by Gasteiger charge is 2.10. The quantitative estimate of drug-likeness (QED) is 0.709. The van der Waals surface area contributed by atoms with Gasteiger partial charge in [0.25, 0.3) is 0 Å². The molecule has 0 unspecified atom stereocenters. The predicted molar refractivity (Wildman–Crippen MR) is 59.6 cm³/mol. The average molecular weight is 209 g/mol. The van der Waals surface area contributed by atoms with Gasteiger partial charge in [0, 0.05) is 25.4 Å². The van der Waals surface area contributed by atoms with Crippen molar-refractivity contribution in [3.8, 4) is 17.2 Å². The van der Waals surface area contributed by atoms with E-state index in [2.05, 4.69) is 4.99 Å². The van der Waals surface area contributed by atoms with E-state index in [4.69, 9.17) is 14.2 Å². The highest BCUT2D eigenvalue weighted by molar-refractivity contribution is 5.88. The molecular formula is C11H15NO3. The van der Waals surface area contributed by atoms with Crippen LogP contribution in [0.25, 0.3) is 0 Å². The molecule has 0 N–H and O–H groups in total. The molecule has 0 heterocycles. The van der Waals surface area contributed by atoms with Crippen LogP contribution in [0.1, 0.15) is 5.56 Å². The molecule has 0 spiro atoms. The first-order chi connectivity index (χ1) is 7.26. The number of hydrogen-bond donors (Lipinski definition) is 0. The Balaban J connectivity index is 3.32. The minimum absolute atomic E-state index is 0.678. The maximum Gasteiger partial charge on any atom is 0.135 e. The van der Waals surface area contributed by atoms with Gasteiger partial charge in [-0.05, 0) is 0 Å². The Morgan fingerprint density at radius 2 is 1.53 bits per heavy atom. The Bertz CT molecular complexity index is 336. The Kier molecular flexibility index (Phi) is 3.97. The van der Waals surface area contributed by atoms with Crippen molar-refractivity contribution in [2.24, 2.45) is 4.99 Å². The van der Waals surface area contributed by atoms with Crippen LogP contribution in [0, 0.1) is 0 Å². The van der Waals surface area contributed by atoms with Crippen molar-refractivity contribution >= 4 is 6.21 Å². The van der Waals surface area contributed by atoms with Crippen molar-refractivity contribution in [2.45, 2.75) is 0 Å². The van der Waals surface area contributed by atoms with E-state index in [0.29, 0.717) is 17.2 Å². The molecule has 1 rings (SSSR count). The molecule has 0 fully saturated rings. The lowest BCUT2D eigenvalue weighted by Gasteiger charge is -2.11. The zero-order valence-electron chi connectivity index (χ0n) is 9.40. The second-order valence-electron chi connectivity index (χ2n) is 2.83. The first kappa shape index (κ1) is 11.4. The second kappa shape index (κ2) is 5.24. The van der Waals surface area contributed by atoms with Crippen molar-refractivity contribution in [3.05, 3.63) is 17.7 Å². The fourth-order valence-corrected chi connectivity index (χ4v) is 1.29. The Labute approximate surface area is 89.5 Å². The molecule has 0 saturated heterocycles. The molecule has 0 aromatic heterocycles. The lowest BCUT2D eigenvalue weighted by Crippen LogP contribution is -1.97. The van der Waals surface area contributed by atoms with Crippen LogP contribution in [-0.4, -0.2) is 34.6 Å². The van der Waals surface area contributed by atoms with Crippen LogP contribution in [0.5, 0.6) is 17.2 Å². The molecule has 0 saturated carbocycles. The van der Waals surface area contributed by atoms with Crippen molar-refractivity contribution in [1.82, 2.24) is 0 Å². The van der Waals surface area contributed by atoms with E-state index in [9.17, 15) is 0 Å². The van der Waals surface area contributed by atoms with Gasteiger partial charge in [0.1, 0.15) is 17.2 Å². The number of aliphatic imine (C=N–C) groups is 1. The van der Waals surface area contributed by atoms with Crippen LogP contribution in [-0.2, 0) is 0 Å². The molecule has 0 radical (unpaired) electrons. The molecule has 15 heavy (non-hydrogen) atoms. The SMILES string of the molecule is CN=Cc1c(OC)cc(OC)cc1OC. The lowest BCUT2D eigenvalue weighted by atomic mass is 10.2. The van der Waals surface area contributed by atoms with Crippen molar-refractivity contribution in [1.29, 1.82) is 0 Å². The highest BCUT2D eigenvalue weighted by atomic mass is 16.5. The summed E-state index contributed by atoms with van der Waals surface area (Å²) in [6.07, 6.45) is 1.69. The second-order valence-corrected chi connectivity index (χ2v) is 2.83. The van der Waals surface area contributed by atoms with E-state index < -0.39 is 0 Å². The lowest BCUT2D eigenvalue weighted by molar-refractivity contribution is 0.374. The van der Waals surface area contributed by atoms with Crippen molar-refractivity contribution < 1.29 is 14.2 Å². The summed E-state index contributed by atoms with van der Waals surface area (Å²) < 4.78 is 15.6. The van der Waals surface area contributed by atoms with Crippen molar-refractivity contribution in [3.63, 3.8) is 0 Å². The summed E-state index contributed by atoms with van der Waals surface area (Å²) in [5, 5.41) is 0. The summed E-state index contributed by atoms with van der Waals surface area (Å²) in [6, 6.07) is 3.58. The third-order valence-corrected chi connectivity index (χ3v) is 2.01. The number of rotatable bonds is 4. The largest absolute Gasteiger partial charge is 0.496 e. The molecular weight excluding hydrogens is 194 g/mol. The van der Waals surface area contributed by atoms with Crippen LogP contribution in [0.4, 0.5) is 0 Å². The number of hydrogen-bond acceptors (Lipinski definition) is 4. The molecule has 0 aliphatic rings. The van der Waals surface area contributed by atoms with Crippen LogP contribution < -0.4 is 14.2 Å². The molecule has 1 aromatic rings. The van der Waals surface area contributed by atoms with E-state index in [0.717, 1.165) is 5.56 Å². The standard InChI is InChI=1S/C11H15NO3/c1-12-7-9-10(14-3)5-8(13-2)6-11(9)15-4/h5-7H,1-4H3.